The van der Waals surface area contributed by atoms with Crippen molar-refractivity contribution in [3.63, 3.8) is 0 Å². The second kappa shape index (κ2) is 10.5. The first kappa shape index (κ1) is 25.6. The average Bonchev–Trinajstić information content (AvgIpc) is 2.86. The molecular formula is C23H18Br2ClN3O5. The van der Waals surface area contributed by atoms with Crippen LogP contribution in [0.1, 0.15) is 11.5 Å². The summed E-state index contributed by atoms with van der Waals surface area (Å²) in [6.45, 7) is 0. The number of allylic oxidation sites excluding steroid dienone is 1. The van der Waals surface area contributed by atoms with E-state index in [1.165, 1.54) is 26.2 Å². The molecule has 1 unspecified atom stereocenters. The number of nitriles is 1. The third-order valence-electron chi connectivity index (χ3n) is 5.16. The maximum absolute atomic E-state index is 13.2. The van der Waals surface area contributed by atoms with Crippen molar-refractivity contribution in [3.8, 4) is 11.8 Å². The third kappa shape index (κ3) is 4.27. The van der Waals surface area contributed by atoms with Crippen molar-refractivity contribution in [1.29, 1.82) is 5.26 Å². The normalized spacial score (nSPS) is 15.7. The molecule has 0 amide bonds. The summed E-state index contributed by atoms with van der Waals surface area (Å²) in [5.41, 5.74) is 6.92. The molecule has 11 heteroatoms. The summed E-state index contributed by atoms with van der Waals surface area (Å²) in [6.07, 6.45) is 0. The number of nitrogens with two attached hydrogens (primary N) is 1. The van der Waals surface area contributed by atoms with Gasteiger partial charge in [-0.1, -0.05) is 41.9 Å². The van der Waals surface area contributed by atoms with E-state index in [1.54, 1.807) is 36.4 Å². The zero-order valence-corrected chi connectivity index (χ0v) is 22.1. The van der Waals surface area contributed by atoms with Gasteiger partial charge in [0.1, 0.15) is 23.0 Å². The summed E-state index contributed by atoms with van der Waals surface area (Å²) in [6, 6.07) is 12.4. The van der Waals surface area contributed by atoms with E-state index in [0.29, 0.717) is 14.5 Å². The Morgan fingerprint density at radius 3 is 2.26 bits per heavy atom. The Kier molecular flexibility index (Phi) is 7.92. The molecule has 0 saturated carbocycles. The van der Waals surface area contributed by atoms with Gasteiger partial charge in [-0.25, -0.2) is 9.59 Å². The van der Waals surface area contributed by atoms with Crippen LogP contribution in [0.3, 0.4) is 0 Å². The summed E-state index contributed by atoms with van der Waals surface area (Å²) in [4.78, 5) is 27.5. The summed E-state index contributed by atoms with van der Waals surface area (Å²) < 4.78 is 16.4. The minimum Gasteiger partial charge on any atom is -0.494 e. The van der Waals surface area contributed by atoms with Crippen LogP contribution in [0.25, 0.3) is 0 Å². The molecule has 3 rings (SSSR count). The van der Waals surface area contributed by atoms with E-state index in [9.17, 15) is 14.9 Å². The summed E-state index contributed by atoms with van der Waals surface area (Å²) in [5.74, 6) is -2.57. The Hall–Kier alpha value is -3.00. The van der Waals surface area contributed by atoms with Crippen molar-refractivity contribution < 1.29 is 23.8 Å². The van der Waals surface area contributed by atoms with E-state index < -0.39 is 17.9 Å². The van der Waals surface area contributed by atoms with Crippen molar-refractivity contribution in [2.24, 2.45) is 5.73 Å². The van der Waals surface area contributed by atoms with Crippen LogP contribution in [0.4, 0.5) is 5.69 Å². The van der Waals surface area contributed by atoms with E-state index in [1.807, 2.05) is 0 Å². The lowest BCUT2D eigenvalue weighted by Gasteiger charge is -2.37. The fraction of sp³-hybridized carbons (Fsp3) is 0.174. The highest BCUT2D eigenvalue weighted by Gasteiger charge is 2.44. The molecule has 2 aromatic rings. The Morgan fingerprint density at radius 2 is 1.74 bits per heavy atom. The van der Waals surface area contributed by atoms with Gasteiger partial charge in [-0.3, -0.25) is 4.90 Å². The van der Waals surface area contributed by atoms with Gasteiger partial charge in [0.15, 0.2) is 0 Å². The van der Waals surface area contributed by atoms with Crippen LogP contribution < -0.4 is 15.4 Å². The molecule has 8 nitrogen and oxygen atoms in total. The van der Waals surface area contributed by atoms with Crippen LogP contribution in [0.5, 0.6) is 5.75 Å². The number of hydrogen-bond donors (Lipinski definition) is 1. The van der Waals surface area contributed by atoms with Crippen LogP contribution in [-0.2, 0) is 19.1 Å². The number of carbonyl (C=O) groups excluding carboxylic acids is 2. The van der Waals surface area contributed by atoms with Crippen molar-refractivity contribution in [3.05, 3.63) is 78.6 Å². The second-order valence-corrected chi connectivity index (χ2v) is 8.90. The molecule has 1 aliphatic heterocycles. The Balaban J connectivity index is 2.52. The predicted molar refractivity (Wildman–Crippen MR) is 133 cm³/mol. The fourth-order valence-corrected chi connectivity index (χ4v) is 5.08. The van der Waals surface area contributed by atoms with Crippen molar-refractivity contribution in [2.45, 2.75) is 5.92 Å². The Morgan fingerprint density at radius 1 is 1.12 bits per heavy atom. The van der Waals surface area contributed by atoms with Crippen LogP contribution >= 0.6 is 43.5 Å². The number of ether oxygens (including phenoxy) is 3. The Bertz CT molecular complexity index is 1270. The van der Waals surface area contributed by atoms with Gasteiger partial charge >= 0.3 is 11.9 Å². The smallest absolute Gasteiger partial charge is 0.355 e. The van der Waals surface area contributed by atoms with E-state index in [0.717, 1.165) is 0 Å². The quantitative estimate of drug-likeness (QED) is 0.380. The lowest BCUT2D eigenvalue weighted by atomic mass is 9.81. The molecule has 1 heterocycles. The minimum atomic E-state index is -0.986. The number of halogens is 3. The van der Waals surface area contributed by atoms with Crippen molar-refractivity contribution in [1.82, 2.24) is 0 Å². The first-order chi connectivity index (χ1) is 16.2. The predicted octanol–water partition coefficient (Wildman–Crippen LogP) is 4.77. The molecule has 2 N–H and O–H groups in total. The molecule has 0 bridgehead atoms. The standard InChI is InChI=1S/C23H18Br2ClN3O5/c1-32-14-9-13(24)18(26)17(25)19(14)29-20(23(31)34-3)16(22(30)33-2)15(12(10-27)21(29)28)11-7-5-4-6-8-11/h4-9,15H,28H2,1-3H3. The molecule has 1 aliphatic rings. The minimum absolute atomic E-state index is 0.0206. The molecule has 0 aromatic heterocycles. The molecule has 0 fully saturated rings. The largest absolute Gasteiger partial charge is 0.494 e. The average molecular weight is 612 g/mol. The number of nitrogens with zero attached hydrogens (tertiary/aromatic N) is 2. The molecule has 0 saturated heterocycles. The molecule has 2 aromatic carbocycles. The number of carbonyl (C=O) groups is 2. The number of rotatable bonds is 5. The Labute approximate surface area is 217 Å². The number of benzene rings is 2. The third-order valence-corrected chi connectivity index (χ3v) is 7.40. The first-order valence-electron chi connectivity index (χ1n) is 9.60. The first-order valence-corrected chi connectivity index (χ1v) is 11.6. The van der Waals surface area contributed by atoms with Gasteiger partial charge in [-0.15, -0.1) is 0 Å². The van der Waals surface area contributed by atoms with Gasteiger partial charge in [0.25, 0.3) is 0 Å². The number of anilines is 1. The maximum Gasteiger partial charge on any atom is 0.355 e. The summed E-state index contributed by atoms with van der Waals surface area (Å²) in [5, 5.41) is 10.4. The van der Waals surface area contributed by atoms with Crippen molar-refractivity contribution in [2.75, 3.05) is 26.2 Å². The van der Waals surface area contributed by atoms with Crippen LogP contribution in [0.2, 0.25) is 5.02 Å². The molecule has 34 heavy (non-hydrogen) atoms. The van der Waals surface area contributed by atoms with Gasteiger partial charge in [0.05, 0.1) is 54.0 Å². The molecular weight excluding hydrogens is 594 g/mol. The molecule has 0 spiro atoms. The summed E-state index contributed by atoms with van der Waals surface area (Å²) >= 11 is 13.2. The van der Waals surface area contributed by atoms with Gasteiger partial charge in [0.2, 0.25) is 0 Å². The number of methoxy groups -OCH3 is 3. The monoisotopic (exact) mass is 609 g/mol. The summed E-state index contributed by atoms with van der Waals surface area (Å²) in [7, 11) is 3.76. The van der Waals surface area contributed by atoms with Gasteiger partial charge in [-0.05, 0) is 43.5 Å². The molecule has 1 atom stereocenters. The van der Waals surface area contributed by atoms with E-state index in [-0.39, 0.29) is 39.1 Å². The molecule has 0 radical (unpaired) electrons. The zero-order chi connectivity index (χ0) is 25.2. The lowest BCUT2D eigenvalue weighted by molar-refractivity contribution is -0.139. The highest BCUT2D eigenvalue weighted by atomic mass is 79.9. The van der Waals surface area contributed by atoms with Crippen LogP contribution in [0.15, 0.2) is 68.0 Å². The highest BCUT2D eigenvalue weighted by molar-refractivity contribution is 9.11. The van der Waals surface area contributed by atoms with Crippen LogP contribution in [-0.4, -0.2) is 33.3 Å². The molecule has 176 valence electrons. The number of hydrogen-bond acceptors (Lipinski definition) is 8. The van der Waals surface area contributed by atoms with Crippen molar-refractivity contribution >= 4 is 61.1 Å². The zero-order valence-electron chi connectivity index (χ0n) is 18.2. The van der Waals surface area contributed by atoms with E-state index >= 15 is 0 Å². The maximum atomic E-state index is 13.2. The van der Waals surface area contributed by atoms with E-state index in [2.05, 4.69) is 37.9 Å². The second-order valence-electron chi connectivity index (χ2n) is 6.87. The van der Waals surface area contributed by atoms with Gasteiger partial charge in [-0.2, -0.15) is 5.26 Å². The van der Waals surface area contributed by atoms with Crippen LogP contribution in [0, 0.1) is 11.3 Å². The highest BCUT2D eigenvalue weighted by Crippen LogP contribution is 2.50. The van der Waals surface area contributed by atoms with Gasteiger partial charge in [0, 0.05) is 4.47 Å². The molecule has 0 aliphatic carbocycles. The van der Waals surface area contributed by atoms with E-state index in [4.69, 9.17) is 31.5 Å². The van der Waals surface area contributed by atoms with Gasteiger partial charge < -0.3 is 19.9 Å². The number of esters is 2. The lowest BCUT2D eigenvalue weighted by Crippen LogP contribution is -2.41. The fourth-order valence-electron chi connectivity index (χ4n) is 3.67. The topological polar surface area (TPSA) is 115 Å². The SMILES string of the molecule is COC(=O)C1=C(C(=O)OC)N(c2c(OC)cc(Br)c(Cl)c2Br)C(N)=C(C#N)C1c1ccccc1.